The summed E-state index contributed by atoms with van der Waals surface area (Å²) >= 11 is 0. The molecular weight excluding hydrogens is 348 g/mol. The summed E-state index contributed by atoms with van der Waals surface area (Å²) in [5.74, 6) is -0.873. The van der Waals surface area contributed by atoms with E-state index in [0.29, 0.717) is 18.1 Å². The number of likely N-dealkylation sites (N-methyl/N-ethyl adjacent to an activating group) is 1. The van der Waals surface area contributed by atoms with Gasteiger partial charge in [-0.3, -0.25) is 4.98 Å². The van der Waals surface area contributed by atoms with Crippen LogP contribution in [-0.2, 0) is 5.54 Å². The van der Waals surface area contributed by atoms with Crippen molar-refractivity contribution in [2.45, 2.75) is 5.54 Å². The molecule has 1 aromatic carbocycles. The molecule has 27 heavy (non-hydrogen) atoms. The third kappa shape index (κ3) is 2.81. The molecule has 0 amide bonds. The number of nitrogens with zero attached hydrogens (tertiary/aromatic N) is 4. The minimum absolute atomic E-state index is 0.102. The van der Waals surface area contributed by atoms with Gasteiger partial charge in [-0.1, -0.05) is 6.07 Å². The van der Waals surface area contributed by atoms with Gasteiger partial charge in [-0.2, -0.15) is 4.39 Å². The number of hydrogen-bond donors (Lipinski definition) is 1. The molecule has 4 rings (SSSR count). The Kier molecular flexibility index (Phi) is 4.07. The molecule has 3 heterocycles. The van der Waals surface area contributed by atoms with E-state index in [9.17, 15) is 8.78 Å². The molecule has 136 valence electrons. The molecule has 1 aliphatic heterocycles. The third-order valence-corrected chi connectivity index (χ3v) is 4.81. The molecule has 3 aromatic rings. The predicted molar refractivity (Wildman–Crippen MR) is 98.9 cm³/mol. The smallest absolute Gasteiger partial charge is 0.220 e. The van der Waals surface area contributed by atoms with Gasteiger partial charge < -0.3 is 10.6 Å². The van der Waals surface area contributed by atoms with Crippen LogP contribution < -0.4 is 5.73 Å². The van der Waals surface area contributed by atoms with Crippen molar-refractivity contribution in [2.75, 3.05) is 13.6 Å². The number of halogens is 2. The highest BCUT2D eigenvalue weighted by Gasteiger charge is 2.41. The van der Waals surface area contributed by atoms with Crippen molar-refractivity contribution < 1.29 is 8.78 Å². The summed E-state index contributed by atoms with van der Waals surface area (Å²) in [4.78, 5) is 14.2. The molecule has 0 spiro atoms. The number of guanidine groups is 1. The Morgan fingerprint density at radius 2 is 1.78 bits per heavy atom. The summed E-state index contributed by atoms with van der Waals surface area (Å²) in [7, 11) is 1.84. The van der Waals surface area contributed by atoms with Crippen LogP contribution in [0.15, 0.2) is 66.0 Å². The fourth-order valence-electron chi connectivity index (χ4n) is 3.42. The highest BCUT2D eigenvalue weighted by molar-refractivity contribution is 5.81. The summed E-state index contributed by atoms with van der Waals surface area (Å²) in [6.07, 6.45) is 4.68. The highest BCUT2D eigenvalue weighted by Crippen LogP contribution is 2.40. The molecule has 0 radical (unpaired) electrons. The van der Waals surface area contributed by atoms with Gasteiger partial charge in [0.15, 0.2) is 5.96 Å². The van der Waals surface area contributed by atoms with Crippen molar-refractivity contribution in [3.05, 3.63) is 83.9 Å². The summed E-state index contributed by atoms with van der Waals surface area (Å²) in [5, 5.41) is 0. The summed E-state index contributed by atoms with van der Waals surface area (Å²) in [5.41, 5.74) is 7.03. The van der Waals surface area contributed by atoms with E-state index in [4.69, 9.17) is 5.73 Å². The third-order valence-electron chi connectivity index (χ3n) is 4.81. The fourth-order valence-corrected chi connectivity index (χ4v) is 3.42. The zero-order valence-electron chi connectivity index (χ0n) is 14.6. The molecule has 2 N–H and O–H groups in total. The van der Waals surface area contributed by atoms with Gasteiger partial charge in [0.05, 0.1) is 6.54 Å². The predicted octanol–water partition coefficient (Wildman–Crippen LogP) is 2.93. The minimum Gasteiger partial charge on any atom is -0.370 e. The van der Waals surface area contributed by atoms with E-state index in [1.165, 1.54) is 18.3 Å². The SMILES string of the molecule is CN1C[C@@](c2ccncc2)(c2ccc(F)c(-c3cccnc3F)c2)N=C1N. The van der Waals surface area contributed by atoms with Crippen LogP contribution in [0.2, 0.25) is 0 Å². The van der Waals surface area contributed by atoms with Crippen LogP contribution in [0.25, 0.3) is 11.1 Å². The molecule has 7 heteroatoms. The van der Waals surface area contributed by atoms with Crippen LogP contribution >= 0.6 is 0 Å². The first-order valence-electron chi connectivity index (χ1n) is 8.39. The van der Waals surface area contributed by atoms with Gasteiger partial charge in [-0.25, -0.2) is 14.4 Å². The minimum atomic E-state index is -0.830. The molecule has 0 bridgehead atoms. The number of nitrogens with two attached hydrogens (primary N) is 1. The molecule has 0 aliphatic carbocycles. The Balaban J connectivity index is 1.93. The van der Waals surface area contributed by atoms with Crippen LogP contribution in [-0.4, -0.2) is 34.4 Å². The van der Waals surface area contributed by atoms with Crippen molar-refractivity contribution in [1.82, 2.24) is 14.9 Å². The van der Waals surface area contributed by atoms with Crippen LogP contribution in [0.5, 0.6) is 0 Å². The van der Waals surface area contributed by atoms with Crippen LogP contribution in [0.4, 0.5) is 8.78 Å². The summed E-state index contributed by atoms with van der Waals surface area (Å²) in [6.45, 7) is 0.476. The number of benzene rings is 1. The fraction of sp³-hybridized carbons (Fsp3) is 0.150. The van der Waals surface area contributed by atoms with Gasteiger partial charge in [0.1, 0.15) is 11.4 Å². The molecule has 2 aromatic heterocycles. The highest BCUT2D eigenvalue weighted by atomic mass is 19.1. The molecule has 0 unspecified atom stereocenters. The number of aromatic nitrogens is 2. The zero-order chi connectivity index (χ0) is 19.0. The number of aliphatic imine (C=N–C) groups is 1. The van der Waals surface area contributed by atoms with Crippen LogP contribution in [0.3, 0.4) is 0 Å². The van der Waals surface area contributed by atoms with Gasteiger partial charge in [-0.15, -0.1) is 0 Å². The average Bonchev–Trinajstić information content (AvgIpc) is 2.99. The van der Waals surface area contributed by atoms with Gasteiger partial charge in [0, 0.05) is 36.8 Å². The lowest BCUT2D eigenvalue weighted by molar-refractivity contribution is 0.432. The van der Waals surface area contributed by atoms with Crippen LogP contribution in [0.1, 0.15) is 11.1 Å². The summed E-state index contributed by atoms with van der Waals surface area (Å²) < 4.78 is 28.7. The van der Waals surface area contributed by atoms with E-state index in [1.54, 1.807) is 30.6 Å². The molecule has 0 saturated heterocycles. The monoisotopic (exact) mass is 365 g/mol. The Morgan fingerprint density at radius 3 is 2.44 bits per heavy atom. The first-order chi connectivity index (χ1) is 13.0. The Labute approximate surface area is 155 Å². The Morgan fingerprint density at radius 1 is 1.00 bits per heavy atom. The Bertz CT molecular complexity index is 1020. The first kappa shape index (κ1) is 17.1. The maximum Gasteiger partial charge on any atom is 0.220 e. The van der Waals surface area contributed by atoms with E-state index in [1.807, 2.05) is 24.1 Å². The zero-order valence-corrected chi connectivity index (χ0v) is 14.6. The molecule has 1 atom stereocenters. The van der Waals surface area contributed by atoms with E-state index in [-0.39, 0.29) is 11.1 Å². The molecule has 1 aliphatic rings. The van der Waals surface area contributed by atoms with Gasteiger partial charge in [-0.05, 0) is 47.5 Å². The number of rotatable bonds is 3. The van der Waals surface area contributed by atoms with Gasteiger partial charge >= 0.3 is 0 Å². The average molecular weight is 365 g/mol. The maximum absolute atomic E-state index is 14.5. The summed E-state index contributed by atoms with van der Waals surface area (Å²) in [6, 6.07) is 11.4. The first-order valence-corrected chi connectivity index (χ1v) is 8.39. The van der Waals surface area contributed by atoms with E-state index < -0.39 is 17.3 Å². The van der Waals surface area contributed by atoms with E-state index >= 15 is 0 Å². The van der Waals surface area contributed by atoms with Crippen LogP contribution in [0, 0.1) is 11.8 Å². The molecular formula is C20H17F2N5. The van der Waals surface area contributed by atoms with Crippen molar-refractivity contribution >= 4 is 5.96 Å². The normalized spacial score (nSPS) is 19.2. The number of pyridine rings is 2. The molecule has 5 nitrogen and oxygen atoms in total. The van der Waals surface area contributed by atoms with Gasteiger partial charge in [0.2, 0.25) is 5.95 Å². The second-order valence-electron chi connectivity index (χ2n) is 6.46. The molecule has 0 fully saturated rings. The standard InChI is InChI=1S/C20H17F2N5/c1-27-12-20(26-19(27)23,13-6-9-24-10-7-13)14-4-5-17(21)16(11-14)15-3-2-8-25-18(15)22/h2-11H,12H2,1H3,(H2,23,26)/t20-/m1/s1. The Hall–Kier alpha value is -3.35. The largest absolute Gasteiger partial charge is 0.370 e. The quantitative estimate of drug-likeness (QED) is 0.725. The topological polar surface area (TPSA) is 67.4 Å². The van der Waals surface area contributed by atoms with Crippen molar-refractivity contribution in [3.8, 4) is 11.1 Å². The van der Waals surface area contributed by atoms with Crippen molar-refractivity contribution in [1.29, 1.82) is 0 Å². The lowest BCUT2D eigenvalue weighted by atomic mass is 9.83. The maximum atomic E-state index is 14.5. The lowest BCUT2D eigenvalue weighted by Crippen LogP contribution is -2.34. The second kappa shape index (κ2) is 6.42. The van der Waals surface area contributed by atoms with Crippen molar-refractivity contribution in [2.24, 2.45) is 10.7 Å². The van der Waals surface area contributed by atoms with Gasteiger partial charge in [0.25, 0.3) is 0 Å². The van der Waals surface area contributed by atoms with E-state index in [0.717, 1.165) is 5.56 Å². The molecule has 0 saturated carbocycles. The second-order valence-corrected chi connectivity index (χ2v) is 6.46. The van der Waals surface area contributed by atoms with Crippen molar-refractivity contribution in [3.63, 3.8) is 0 Å². The lowest BCUT2D eigenvalue weighted by Gasteiger charge is -2.28. The van der Waals surface area contributed by atoms with E-state index in [2.05, 4.69) is 15.0 Å². The number of hydrogen-bond acceptors (Lipinski definition) is 5.